The minimum absolute atomic E-state index is 0.0483. The van der Waals surface area contributed by atoms with E-state index in [1.54, 1.807) is 0 Å². The fourth-order valence-electron chi connectivity index (χ4n) is 1.25. The minimum atomic E-state index is 0.0483. The molecule has 0 aliphatic rings. The largest absolute Gasteiger partial charge is 0.396 e. The predicted molar refractivity (Wildman–Crippen MR) is 57.8 cm³/mol. The van der Waals surface area contributed by atoms with Gasteiger partial charge in [-0.05, 0) is 24.6 Å². The van der Waals surface area contributed by atoms with Crippen LogP contribution in [0.15, 0.2) is 24.3 Å². The number of hydrogen-bond acceptors (Lipinski definition) is 2. The monoisotopic (exact) mass is 214 g/mol. The molecule has 1 rings (SSSR count). The molecule has 1 aromatic carbocycles. The lowest BCUT2D eigenvalue weighted by atomic mass is 10.0. The second-order valence-electron chi connectivity index (χ2n) is 3.09. The first kappa shape index (κ1) is 11.5. The molecule has 0 aliphatic carbocycles. The number of aliphatic hydroxyl groups excluding tert-OH is 1. The van der Waals surface area contributed by atoms with Crippen molar-refractivity contribution in [2.75, 3.05) is 19.8 Å². The maximum atomic E-state index is 9.16. The van der Waals surface area contributed by atoms with Crippen LogP contribution in [0.5, 0.6) is 0 Å². The summed E-state index contributed by atoms with van der Waals surface area (Å²) in [6.45, 7) is 3.26. The summed E-state index contributed by atoms with van der Waals surface area (Å²) >= 11 is 5.77. The Morgan fingerprint density at radius 3 is 2.50 bits per heavy atom. The number of ether oxygens (including phenoxy) is 1. The van der Waals surface area contributed by atoms with Gasteiger partial charge in [0.15, 0.2) is 0 Å². The van der Waals surface area contributed by atoms with Crippen molar-refractivity contribution in [3.63, 3.8) is 0 Å². The van der Waals surface area contributed by atoms with E-state index < -0.39 is 0 Å². The van der Waals surface area contributed by atoms with Crippen molar-refractivity contribution >= 4 is 11.6 Å². The van der Waals surface area contributed by atoms with Crippen LogP contribution in [0.4, 0.5) is 0 Å². The molecule has 0 aliphatic heterocycles. The molecule has 1 N–H and O–H groups in total. The zero-order chi connectivity index (χ0) is 10.4. The molecule has 0 fully saturated rings. The first-order chi connectivity index (χ1) is 6.77. The maximum Gasteiger partial charge on any atom is 0.0556 e. The molecule has 0 radical (unpaired) electrons. The van der Waals surface area contributed by atoms with Crippen molar-refractivity contribution in [1.29, 1.82) is 0 Å². The number of benzene rings is 1. The summed E-state index contributed by atoms with van der Waals surface area (Å²) in [5.74, 6) is 0.0483. The standard InChI is InChI=1S/C11H15ClO2/c1-2-14-8-10(7-13)9-3-5-11(12)6-4-9/h3-6,10,13H,2,7-8H2,1H3. The van der Waals surface area contributed by atoms with Crippen molar-refractivity contribution in [3.05, 3.63) is 34.9 Å². The zero-order valence-electron chi connectivity index (χ0n) is 8.24. The number of aliphatic hydroxyl groups is 1. The van der Waals surface area contributed by atoms with Crippen LogP contribution in [0.25, 0.3) is 0 Å². The number of hydrogen-bond donors (Lipinski definition) is 1. The Morgan fingerprint density at radius 2 is 2.00 bits per heavy atom. The van der Waals surface area contributed by atoms with Crippen LogP contribution in [0.3, 0.4) is 0 Å². The van der Waals surface area contributed by atoms with Crippen LogP contribution in [-0.2, 0) is 4.74 Å². The molecule has 0 heterocycles. The minimum Gasteiger partial charge on any atom is -0.396 e. The van der Waals surface area contributed by atoms with Gasteiger partial charge in [-0.2, -0.15) is 0 Å². The Morgan fingerprint density at radius 1 is 1.36 bits per heavy atom. The van der Waals surface area contributed by atoms with Crippen molar-refractivity contribution in [1.82, 2.24) is 0 Å². The lowest BCUT2D eigenvalue weighted by molar-refractivity contribution is 0.109. The fraction of sp³-hybridized carbons (Fsp3) is 0.455. The third kappa shape index (κ3) is 3.29. The van der Waals surface area contributed by atoms with E-state index in [-0.39, 0.29) is 12.5 Å². The van der Waals surface area contributed by atoms with E-state index in [0.717, 1.165) is 5.56 Å². The molecule has 2 nitrogen and oxygen atoms in total. The second-order valence-corrected chi connectivity index (χ2v) is 3.53. The maximum absolute atomic E-state index is 9.16. The Labute approximate surface area is 89.5 Å². The third-order valence-corrected chi connectivity index (χ3v) is 2.34. The average Bonchev–Trinajstić information content (AvgIpc) is 2.21. The highest BCUT2D eigenvalue weighted by Crippen LogP contribution is 2.18. The van der Waals surface area contributed by atoms with Crippen LogP contribution >= 0.6 is 11.6 Å². The molecule has 1 unspecified atom stereocenters. The van der Waals surface area contributed by atoms with E-state index in [4.69, 9.17) is 21.4 Å². The molecular weight excluding hydrogens is 200 g/mol. The molecule has 0 saturated carbocycles. The Kier molecular flexibility index (Phi) is 4.94. The lowest BCUT2D eigenvalue weighted by Gasteiger charge is -2.14. The molecule has 0 amide bonds. The first-order valence-corrected chi connectivity index (χ1v) is 5.09. The van der Waals surface area contributed by atoms with Gasteiger partial charge in [-0.25, -0.2) is 0 Å². The molecular formula is C11H15ClO2. The number of rotatable bonds is 5. The molecule has 0 saturated heterocycles. The third-order valence-electron chi connectivity index (χ3n) is 2.08. The highest BCUT2D eigenvalue weighted by molar-refractivity contribution is 6.30. The van der Waals surface area contributed by atoms with Gasteiger partial charge in [0.05, 0.1) is 13.2 Å². The molecule has 0 bridgehead atoms. The normalized spacial score (nSPS) is 12.8. The Bertz CT molecular complexity index is 258. The topological polar surface area (TPSA) is 29.5 Å². The van der Waals surface area contributed by atoms with Gasteiger partial charge >= 0.3 is 0 Å². The van der Waals surface area contributed by atoms with Crippen molar-refractivity contribution in [3.8, 4) is 0 Å². The predicted octanol–water partition coefficient (Wildman–Crippen LogP) is 2.45. The van der Waals surface area contributed by atoms with E-state index in [1.165, 1.54) is 0 Å². The van der Waals surface area contributed by atoms with Gasteiger partial charge in [-0.3, -0.25) is 0 Å². The average molecular weight is 215 g/mol. The van der Waals surface area contributed by atoms with Gasteiger partial charge in [0.1, 0.15) is 0 Å². The van der Waals surface area contributed by atoms with E-state index >= 15 is 0 Å². The number of halogens is 1. The smallest absolute Gasteiger partial charge is 0.0556 e. The molecule has 0 spiro atoms. The first-order valence-electron chi connectivity index (χ1n) is 4.72. The van der Waals surface area contributed by atoms with Gasteiger partial charge in [-0.15, -0.1) is 0 Å². The van der Waals surface area contributed by atoms with Gasteiger partial charge < -0.3 is 9.84 Å². The molecule has 78 valence electrons. The molecule has 0 aromatic heterocycles. The van der Waals surface area contributed by atoms with Crippen molar-refractivity contribution in [2.24, 2.45) is 0 Å². The van der Waals surface area contributed by atoms with E-state index in [2.05, 4.69) is 0 Å². The summed E-state index contributed by atoms with van der Waals surface area (Å²) in [6, 6.07) is 7.49. The van der Waals surface area contributed by atoms with Crippen LogP contribution in [0, 0.1) is 0 Å². The Balaban J connectivity index is 2.64. The van der Waals surface area contributed by atoms with Crippen molar-refractivity contribution < 1.29 is 9.84 Å². The SMILES string of the molecule is CCOCC(CO)c1ccc(Cl)cc1. The lowest BCUT2D eigenvalue weighted by Crippen LogP contribution is -2.11. The van der Waals surface area contributed by atoms with E-state index in [1.807, 2.05) is 31.2 Å². The fourth-order valence-corrected chi connectivity index (χ4v) is 1.38. The van der Waals surface area contributed by atoms with Crippen LogP contribution in [0.2, 0.25) is 5.02 Å². The Hall–Kier alpha value is -0.570. The summed E-state index contributed by atoms with van der Waals surface area (Å²) < 4.78 is 5.28. The van der Waals surface area contributed by atoms with Crippen LogP contribution in [0.1, 0.15) is 18.4 Å². The van der Waals surface area contributed by atoms with Crippen LogP contribution < -0.4 is 0 Å². The summed E-state index contributed by atoms with van der Waals surface area (Å²) in [7, 11) is 0. The van der Waals surface area contributed by atoms with E-state index in [0.29, 0.717) is 18.2 Å². The molecule has 1 aromatic rings. The van der Waals surface area contributed by atoms with E-state index in [9.17, 15) is 0 Å². The highest BCUT2D eigenvalue weighted by Gasteiger charge is 2.09. The van der Waals surface area contributed by atoms with Gasteiger partial charge in [0.25, 0.3) is 0 Å². The molecule has 3 heteroatoms. The van der Waals surface area contributed by atoms with Gasteiger partial charge in [-0.1, -0.05) is 23.7 Å². The molecule has 14 heavy (non-hydrogen) atoms. The van der Waals surface area contributed by atoms with Crippen LogP contribution in [-0.4, -0.2) is 24.9 Å². The quantitative estimate of drug-likeness (QED) is 0.816. The summed E-state index contributed by atoms with van der Waals surface area (Å²) in [6.07, 6.45) is 0. The van der Waals surface area contributed by atoms with Gasteiger partial charge in [0.2, 0.25) is 0 Å². The highest BCUT2D eigenvalue weighted by atomic mass is 35.5. The summed E-state index contributed by atoms with van der Waals surface area (Å²) in [5, 5.41) is 9.87. The zero-order valence-corrected chi connectivity index (χ0v) is 9.00. The van der Waals surface area contributed by atoms with Crippen molar-refractivity contribution in [2.45, 2.75) is 12.8 Å². The van der Waals surface area contributed by atoms with Gasteiger partial charge in [0, 0.05) is 17.5 Å². The second kappa shape index (κ2) is 6.02. The summed E-state index contributed by atoms with van der Waals surface area (Å²) in [5.41, 5.74) is 1.06. The molecule has 1 atom stereocenters. The summed E-state index contributed by atoms with van der Waals surface area (Å²) in [4.78, 5) is 0.